The number of esters is 1. The molecule has 0 saturated heterocycles. The minimum Gasteiger partial charge on any atom is -0.460 e. The van der Waals surface area contributed by atoms with Gasteiger partial charge in [0.05, 0.1) is 17.8 Å². The van der Waals surface area contributed by atoms with Crippen LogP contribution in [0.25, 0.3) is 0 Å². The van der Waals surface area contributed by atoms with Gasteiger partial charge in [-0.15, -0.1) is 0 Å². The molecule has 196 valence electrons. The molecular weight excluding hydrogens is 428 g/mol. The van der Waals surface area contributed by atoms with Crippen molar-refractivity contribution in [1.82, 2.24) is 0 Å². The molecule has 5 nitrogen and oxygen atoms in total. The van der Waals surface area contributed by atoms with Gasteiger partial charge in [0.15, 0.2) is 0 Å². The summed E-state index contributed by atoms with van der Waals surface area (Å²) in [5, 5.41) is 33.2. The number of carbonyl (C=O) groups is 1. The van der Waals surface area contributed by atoms with Crippen molar-refractivity contribution in [2.75, 3.05) is 0 Å². The Morgan fingerprint density at radius 1 is 1.09 bits per heavy atom. The Balaban J connectivity index is 1.45. The Morgan fingerprint density at radius 3 is 2.47 bits per heavy atom. The molecule has 0 spiro atoms. The molecule has 0 aliphatic heterocycles. The molecule has 4 rings (SSSR count). The fraction of sp³-hybridized carbons (Fsp3) is 0.966. The van der Waals surface area contributed by atoms with Crippen LogP contribution in [0.1, 0.15) is 112 Å². The first-order chi connectivity index (χ1) is 15.7. The van der Waals surface area contributed by atoms with Crippen LogP contribution in [0.4, 0.5) is 0 Å². The van der Waals surface area contributed by atoms with Crippen LogP contribution in [0.3, 0.4) is 0 Å². The molecule has 0 aromatic carbocycles. The Labute approximate surface area is 207 Å². The van der Waals surface area contributed by atoms with E-state index >= 15 is 0 Å². The summed E-state index contributed by atoms with van der Waals surface area (Å²) >= 11 is 0. The van der Waals surface area contributed by atoms with Crippen molar-refractivity contribution in [3.8, 4) is 0 Å². The van der Waals surface area contributed by atoms with Crippen LogP contribution in [0.5, 0.6) is 0 Å². The molecule has 4 fully saturated rings. The second-order valence-electron chi connectivity index (χ2n) is 13.8. The quantitative estimate of drug-likeness (QED) is 0.455. The fourth-order valence-corrected chi connectivity index (χ4v) is 9.73. The SMILES string of the molecule is CC(=O)OC(C)(C)CCCC(C)C1CCC2C3CC(O)C4(O)CC(O)CCC4(C)C3CCC12C. The van der Waals surface area contributed by atoms with Gasteiger partial charge in [0.2, 0.25) is 0 Å². The molecule has 4 aliphatic rings. The van der Waals surface area contributed by atoms with Gasteiger partial charge < -0.3 is 20.1 Å². The van der Waals surface area contributed by atoms with E-state index in [1.165, 1.54) is 26.2 Å². The zero-order valence-corrected chi connectivity index (χ0v) is 22.5. The maximum atomic E-state index is 11.6. The number of ether oxygens (including phenoxy) is 1. The first-order valence-electron chi connectivity index (χ1n) is 14.0. The van der Waals surface area contributed by atoms with E-state index in [0.717, 1.165) is 38.5 Å². The number of fused-ring (bicyclic) bond motifs is 5. The molecule has 4 aliphatic carbocycles. The highest BCUT2D eigenvalue weighted by atomic mass is 16.6. The normalized spacial score (nSPS) is 47.3. The van der Waals surface area contributed by atoms with Crippen molar-refractivity contribution in [3.05, 3.63) is 0 Å². The summed E-state index contributed by atoms with van der Waals surface area (Å²) in [4.78, 5) is 11.4. The molecule has 3 N–H and O–H groups in total. The first kappa shape index (κ1) is 26.4. The van der Waals surface area contributed by atoms with E-state index in [0.29, 0.717) is 47.8 Å². The van der Waals surface area contributed by atoms with Crippen molar-refractivity contribution in [2.24, 2.45) is 40.4 Å². The molecule has 0 aromatic heterocycles. The topological polar surface area (TPSA) is 87.0 Å². The number of rotatable bonds is 6. The third-order valence-corrected chi connectivity index (χ3v) is 11.5. The van der Waals surface area contributed by atoms with Gasteiger partial charge in [-0.1, -0.05) is 27.2 Å². The van der Waals surface area contributed by atoms with Crippen molar-refractivity contribution in [2.45, 2.75) is 136 Å². The molecule has 34 heavy (non-hydrogen) atoms. The summed E-state index contributed by atoms with van der Waals surface area (Å²) in [6.45, 7) is 12.6. The second kappa shape index (κ2) is 9.03. The predicted octanol–water partition coefficient (Wildman–Crippen LogP) is 5.24. The minimum atomic E-state index is -1.15. The molecule has 0 radical (unpaired) electrons. The maximum absolute atomic E-state index is 11.6. The van der Waals surface area contributed by atoms with Crippen molar-refractivity contribution in [3.63, 3.8) is 0 Å². The molecule has 4 saturated carbocycles. The average molecular weight is 479 g/mol. The molecule has 5 heteroatoms. The summed E-state index contributed by atoms with van der Waals surface area (Å²) in [6.07, 6.45) is 9.25. The standard InChI is InChI=1S/C29H50O5/c1-18(8-7-13-26(3,4)34-19(2)30)22-9-10-23-21-16-25(32)29(33)17-20(31)11-15-28(29,6)24(21)12-14-27(22,23)5/h18,20-25,31-33H,7-17H2,1-6H3. The largest absolute Gasteiger partial charge is 0.460 e. The van der Waals surface area contributed by atoms with Crippen molar-refractivity contribution in [1.29, 1.82) is 0 Å². The second-order valence-corrected chi connectivity index (χ2v) is 13.8. The summed E-state index contributed by atoms with van der Waals surface area (Å²) < 4.78 is 5.49. The minimum absolute atomic E-state index is 0.205. The number of carbonyl (C=O) groups excluding carboxylic acids is 1. The van der Waals surface area contributed by atoms with E-state index in [4.69, 9.17) is 4.74 Å². The summed E-state index contributed by atoms with van der Waals surface area (Å²) in [5.74, 6) is 2.63. The van der Waals surface area contributed by atoms with Gasteiger partial charge in [0.25, 0.3) is 0 Å². The van der Waals surface area contributed by atoms with E-state index in [1.54, 1.807) is 0 Å². The number of hydrogen-bond donors (Lipinski definition) is 3. The Morgan fingerprint density at radius 2 is 1.79 bits per heavy atom. The van der Waals surface area contributed by atoms with Gasteiger partial charge in [-0.3, -0.25) is 4.79 Å². The smallest absolute Gasteiger partial charge is 0.303 e. The van der Waals surface area contributed by atoms with E-state index in [-0.39, 0.29) is 11.4 Å². The number of hydrogen-bond acceptors (Lipinski definition) is 5. The zero-order chi connectivity index (χ0) is 25.1. The Kier molecular flexibility index (Phi) is 7.01. The van der Waals surface area contributed by atoms with E-state index in [2.05, 4.69) is 20.8 Å². The monoisotopic (exact) mass is 478 g/mol. The maximum Gasteiger partial charge on any atom is 0.303 e. The Hall–Kier alpha value is -0.650. The summed E-state index contributed by atoms with van der Waals surface area (Å²) in [6, 6.07) is 0. The van der Waals surface area contributed by atoms with Crippen LogP contribution in [0.2, 0.25) is 0 Å². The van der Waals surface area contributed by atoms with Gasteiger partial charge in [-0.2, -0.15) is 0 Å². The Bertz CT molecular complexity index is 766. The molecule has 0 amide bonds. The zero-order valence-electron chi connectivity index (χ0n) is 22.5. The van der Waals surface area contributed by atoms with Crippen molar-refractivity contribution >= 4 is 5.97 Å². The third-order valence-electron chi connectivity index (χ3n) is 11.5. The lowest BCUT2D eigenvalue weighted by Crippen LogP contribution is -2.68. The predicted molar refractivity (Wildman–Crippen MR) is 133 cm³/mol. The highest BCUT2D eigenvalue weighted by molar-refractivity contribution is 5.66. The van der Waals surface area contributed by atoms with E-state index < -0.39 is 23.4 Å². The van der Waals surface area contributed by atoms with Crippen molar-refractivity contribution < 1.29 is 24.9 Å². The molecular formula is C29H50O5. The molecule has 0 heterocycles. The molecule has 10 atom stereocenters. The fourth-order valence-electron chi connectivity index (χ4n) is 9.73. The highest BCUT2D eigenvalue weighted by Crippen LogP contribution is 2.69. The number of aliphatic hydroxyl groups is 3. The summed E-state index contributed by atoms with van der Waals surface area (Å²) in [5.41, 5.74) is -1.56. The third kappa shape index (κ3) is 4.26. The average Bonchev–Trinajstić information content (AvgIpc) is 3.07. The first-order valence-corrected chi connectivity index (χ1v) is 14.0. The van der Waals surface area contributed by atoms with E-state index in [9.17, 15) is 20.1 Å². The van der Waals surface area contributed by atoms with Gasteiger partial charge in [0, 0.05) is 18.8 Å². The highest BCUT2D eigenvalue weighted by Gasteiger charge is 2.67. The van der Waals surface area contributed by atoms with Crippen LogP contribution in [-0.4, -0.2) is 44.7 Å². The van der Waals surface area contributed by atoms with Gasteiger partial charge in [-0.05, 0) is 107 Å². The van der Waals surface area contributed by atoms with Crippen LogP contribution >= 0.6 is 0 Å². The number of aliphatic hydroxyl groups excluding tert-OH is 2. The lowest BCUT2D eigenvalue weighted by molar-refractivity contribution is -0.264. The van der Waals surface area contributed by atoms with Crippen LogP contribution in [-0.2, 0) is 9.53 Å². The molecule has 0 aromatic rings. The van der Waals surface area contributed by atoms with Gasteiger partial charge in [-0.25, -0.2) is 0 Å². The lowest BCUT2D eigenvalue weighted by Gasteiger charge is -2.65. The molecule has 0 bridgehead atoms. The van der Waals surface area contributed by atoms with Gasteiger partial charge in [0.1, 0.15) is 5.60 Å². The van der Waals surface area contributed by atoms with Crippen LogP contribution in [0, 0.1) is 40.4 Å². The van der Waals surface area contributed by atoms with E-state index in [1.807, 2.05) is 13.8 Å². The van der Waals surface area contributed by atoms with Crippen LogP contribution < -0.4 is 0 Å². The summed E-state index contributed by atoms with van der Waals surface area (Å²) in [7, 11) is 0. The van der Waals surface area contributed by atoms with Gasteiger partial charge >= 0.3 is 5.97 Å². The lowest BCUT2D eigenvalue weighted by atomic mass is 9.42. The molecule has 10 unspecified atom stereocenters. The van der Waals surface area contributed by atoms with Crippen LogP contribution in [0.15, 0.2) is 0 Å².